The van der Waals surface area contributed by atoms with Crippen LogP contribution in [0.15, 0.2) is 42.7 Å². The molecular weight excluding hydrogens is 373 g/mol. The summed E-state index contributed by atoms with van der Waals surface area (Å²) in [6.45, 7) is 2.48. The van der Waals surface area contributed by atoms with Crippen LogP contribution in [0.4, 0.5) is 0 Å². The summed E-state index contributed by atoms with van der Waals surface area (Å²) in [5.74, 6) is -0.629. The molecule has 138 valence electrons. The normalized spacial score (nSPS) is 21.2. The van der Waals surface area contributed by atoms with Gasteiger partial charge in [-0.25, -0.2) is 0 Å². The standard InChI is InChI=1S/C20H21Cl2NO3/c1-13(10-14-4-2-8-23-12-14)26-20(24)17-5-3-9-25-19(17)16-7-6-15(21)11-18(16)22/h2,4,6-8,11-13,17,19H,3,5,9-10H2,1H3/t13-,17+,19-/m1/s1. The van der Waals surface area contributed by atoms with Crippen LogP contribution < -0.4 is 0 Å². The van der Waals surface area contributed by atoms with Gasteiger partial charge in [0.2, 0.25) is 0 Å². The Kier molecular flexibility index (Phi) is 6.52. The molecule has 0 radical (unpaired) electrons. The van der Waals surface area contributed by atoms with Crippen molar-refractivity contribution in [1.29, 1.82) is 0 Å². The van der Waals surface area contributed by atoms with Crippen LogP contribution in [0.3, 0.4) is 0 Å². The zero-order valence-corrected chi connectivity index (χ0v) is 16.0. The van der Waals surface area contributed by atoms with Crippen LogP contribution in [0.1, 0.15) is 37.0 Å². The minimum atomic E-state index is -0.411. The minimum absolute atomic E-state index is 0.241. The number of halogens is 2. The maximum atomic E-state index is 12.8. The molecule has 0 spiro atoms. The molecule has 1 aliphatic rings. The van der Waals surface area contributed by atoms with E-state index in [9.17, 15) is 4.79 Å². The van der Waals surface area contributed by atoms with Gasteiger partial charge in [-0.3, -0.25) is 9.78 Å². The fraction of sp³-hybridized carbons (Fsp3) is 0.400. The first-order chi connectivity index (χ1) is 12.5. The van der Waals surface area contributed by atoms with E-state index in [2.05, 4.69) is 4.98 Å². The average Bonchev–Trinajstić information content (AvgIpc) is 2.62. The first kappa shape index (κ1) is 19.2. The number of ether oxygens (including phenoxy) is 2. The maximum absolute atomic E-state index is 12.8. The number of carbonyl (C=O) groups excluding carboxylic acids is 1. The van der Waals surface area contributed by atoms with Crippen LogP contribution in [0.25, 0.3) is 0 Å². The first-order valence-corrected chi connectivity index (χ1v) is 9.46. The molecule has 0 bridgehead atoms. The third kappa shape index (κ3) is 4.76. The zero-order valence-electron chi connectivity index (χ0n) is 14.5. The third-order valence-electron chi connectivity index (χ3n) is 4.46. The summed E-state index contributed by atoms with van der Waals surface area (Å²) in [4.78, 5) is 16.9. The van der Waals surface area contributed by atoms with E-state index in [0.717, 1.165) is 17.5 Å². The number of benzene rings is 1. The smallest absolute Gasteiger partial charge is 0.312 e. The topological polar surface area (TPSA) is 48.4 Å². The second kappa shape index (κ2) is 8.85. The van der Waals surface area contributed by atoms with E-state index in [1.807, 2.05) is 25.1 Å². The highest BCUT2D eigenvalue weighted by atomic mass is 35.5. The Morgan fingerprint density at radius 1 is 1.38 bits per heavy atom. The van der Waals surface area contributed by atoms with Gasteiger partial charge in [0, 0.05) is 41.0 Å². The van der Waals surface area contributed by atoms with Gasteiger partial charge in [0.25, 0.3) is 0 Å². The highest BCUT2D eigenvalue weighted by Gasteiger charge is 2.36. The van der Waals surface area contributed by atoms with Crippen molar-refractivity contribution in [2.75, 3.05) is 6.61 Å². The quantitative estimate of drug-likeness (QED) is 0.668. The molecule has 26 heavy (non-hydrogen) atoms. The first-order valence-electron chi connectivity index (χ1n) is 8.70. The molecule has 0 amide bonds. The van der Waals surface area contributed by atoms with Crippen molar-refractivity contribution in [2.45, 2.75) is 38.4 Å². The molecule has 1 saturated heterocycles. The molecule has 2 aromatic rings. The lowest BCUT2D eigenvalue weighted by Gasteiger charge is -2.32. The number of carbonyl (C=O) groups is 1. The van der Waals surface area contributed by atoms with Crippen molar-refractivity contribution in [3.05, 3.63) is 63.9 Å². The number of hydrogen-bond donors (Lipinski definition) is 0. The number of pyridine rings is 1. The Labute approximate surface area is 163 Å². The van der Waals surface area contributed by atoms with Gasteiger partial charge >= 0.3 is 5.97 Å². The molecule has 0 saturated carbocycles. The molecule has 6 heteroatoms. The van der Waals surface area contributed by atoms with Gasteiger partial charge < -0.3 is 9.47 Å². The number of nitrogens with zero attached hydrogens (tertiary/aromatic N) is 1. The fourth-order valence-corrected chi connectivity index (χ4v) is 3.76. The summed E-state index contributed by atoms with van der Waals surface area (Å²) < 4.78 is 11.6. The number of hydrogen-bond acceptors (Lipinski definition) is 4. The lowest BCUT2D eigenvalue weighted by atomic mass is 9.89. The van der Waals surface area contributed by atoms with Crippen molar-refractivity contribution in [1.82, 2.24) is 4.98 Å². The predicted molar refractivity (Wildman–Crippen MR) is 101 cm³/mol. The Morgan fingerprint density at radius 2 is 2.23 bits per heavy atom. The zero-order chi connectivity index (χ0) is 18.5. The third-order valence-corrected chi connectivity index (χ3v) is 5.02. The minimum Gasteiger partial charge on any atom is -0.462 e. The van der Waals surface area contributed by atoms with Gasteiger partial charge in [0.1, 0.15) is 6.10 Å². The number of rotatable bonds is 5. The molecule has 1 aromatic carbocycles. The molecule has 0 N–H and O–H groups in total. The van der Waals surface area contributed by atoms with Crippen molar-refractivity contribution < 1.29 is 14.3 Å². The summed E-state index contributed by atoms with van der Waals surface area (Å²) in [6, 6.07) is 9.09. The maximum Gasteiger partial charge on any atom is 0.312 e. The fourth-order valence-electron chi connectivity index (χ4n) is 3.24. The van der Waals surface area contributed by atoms with Crippen molar-refractivity contribution in [3.63, 3.8) is 0 Å². The lowest BCUT2D eigenvalue weighted by Crippen LogP contribution is -2.33. The van der Waals surface area contributed by atoms with Crippen LogP contribution in [-0.4, -0.2) is 23.7 Å². The van der Waals surface area contributed by atoms with E-state index >= 15 is 0 Å². The van der Waals surface area contributed by atoms with Gasteiger partial charge in [-0.2, -0.15) is 0 Å². The lowest BCUT2D eigenvalue weighted by molar-refractivity contribution is -0.163. The van der Waals surface area contributed by atoms with Crippen LogP contribution >= 0.6 is 23.2 Å². The van der Waals surface area contributed by atoms with E-state index in [1.54, 1.807) is 24.5 Å². The molecule has 1 aromatic heterocycles. The Balaban J connectivity index is 1.69. The van der Waals surface area contributed by atoms with E-state index in [-0.39, 0.29) is 18.0 Å². The molecule has 2 heterocycles. The molecule has 0 unspecified atom stereocenters. The summed E-state index contributed by atoms with van der Waals surface area (Å²) in [6.07, 6.45) is 5.01. The van der Waals surface area contributed by atoms with Crippen LogP contribution in [0, 0.1) is 5.92 Å². The van der Waals surface area contributed by atoms with Crippen LogP contribution in [0.5, 0.6) is 0 Å². The predicted octanol–water partition coefficient (Wildman–Crippen LogP) is 5.03. The van der Waals surface area contributed by atoms with Crippen molar-refractivity contribution >= 4 is 29.2 Å². The second-order valence-electron chi connectivity index (χ2n) is 6.52. The van der Waals surface area contributed by atoms with E-state index in [0.29, 0.717) is 29.5 Å². The van der Waals surface area contributed by atoms with Crippen LogP contribution in [0.2, 0.25) is 10.0 Å². The average molecular weight is 394 g/mol. The molecule has 1 fully saturated rings. The molecule has 4 nitrogen and oxygen atoms in total. The monoisotopic (exact) mass is 393 g/mol. The highest BCUT2D eigenvalue weighted by Crippen LogP contribution is 2.38. The molecular formula is C20H21Cl2NO3. The Hall–Kier alpha value is -1.62. The summed E-state index contributed by atoms with van der Waals surface area (Å²) in [5.41, 5.74) is 1.81. The Morgan fingerprint density at radius 3 is 2.96 bits per heavy atom. The van der Waals surface area contributed by atoms with Gasteiger partial charge in [-0.05, 0) is 43.5 Å². The SMILES string of the molecule is C[C@H](Cc1cccnc1)OC(=O)[C@H]1CCCO[C@@H]1c1ccc(Cl)cc1Cl. The van der Waals surface area contributed by atoms with E-state index < -0.39 is 6.10 Å². The Bertz CT molecular complexity index is 754. The molecule has 3 rings (SSSR count). The van der Waals surface area contributed by atoms with Crippen molar-refractivity contribution in [3.8, 4) is 0 Å². The molecule has 0 aliphatic carbocycles. The highest BCUT2D eigenvalue weighted by molar-refractivity contribution is 6.35. The van der Waals surface area contributed by atoms with Crippen LogP contribution in [-0.2, 0) is 20.7 Å². The van der Waals surface area contributed by atoms with Gasteiger partial charge in [-0.1, -0.05) is 35.3 Å². The molecule has 1 aliphatic heterocycles. The summed E-state index contributed by atoms with van der Waals surface area (Å²) in [7, 11) is 0. The number of aromatic nitrogens is 1. The number of esters is 1. The molecule has 3 atom stereocenters. The van der Waals surface area contributed by atoms with Gasteiger partial charge in [0.15, 0.2) is 0 Å². The van der Waals surface area contributed by atoms with Crippen molar-refractivity contribution in [2.24, 2.45) is 5.92 Å². The van der Waals surface area contributed by atoms with E-state index in [4.69, 9.17) is 32.7 Å². The summed E-state index contributed by atoms with van der Waals surface area (Å²) >= 11 is 12.3. The van der Waals surface area contributed by atoms with Gasteiger partial charge in [0.05, 0.1) is 12.0 Å². The second-order valence-corrected chi connectivity index (χ2v) is 7.36. The summed E-state index contributed by atoms with van der Waals surface area (Å²) in [5, 5.41) is 1.06. The van der Waals surface area contributed by atoms with E-state index in [1.165, 1.54) is 0 Å². The largest absolute Gasteiger partial charge is 0.462 e. The van der Waals surface area contributed by atoms with Gasteiger partial charge in [-0.15, -0.1) is 0 Å².